The van der Waals surface area contributed by atoms with E-state index in [4.69, 9.17) is 11.6 Å². The number of pyridine rings is 1. The van der Waals surface area contributed by atoms with Crippen LogP contribution in [0.25, 0.3) is 0 Å². The average molecular weight is 317 g/mol. The Morgan fingerprint density at radius 2 is 1.64 bits per heavy atom. The summed E-state index contributed by atoms with van der Waals surface area (Å²) in [4.78, 5) is 27.9. The molecule has 5 heteroatoms. The fraction of sp³-hybridized carbons (Fsp3) is 0.235. The van der Waals surface area contributed by atoms with Crippen molar-refractivity contribution < 1.29 is 9.59 Å². The minimum atomic E-state index is -0.137. The zero-order valence-electron chi connectivity index (χ0n) is 13.0. The van der Waals surface area contributed by atoms with Crippen LogP contribution in [0.3, 0.4) is 0 Å². The van der Waals surface area contributed by atoms with Crippen molar-refractivity contribution in [1.82, 2.24) is 4.98 Å². The smallest absolute Gasteiger partial charge is 0.221 e. The molecule has 0 aliphatic carbocycles. The first-order valence-electron chi connectivity index (χ1n) is 6.85. The predicted molar refractivity (Wildman–Crippen MR) is 87.6 cm³/mol. The van der Waals surface area contributed by atoms with Gasteiger partial charge in [0.05, 0.1) is 0 Å². The number of benzene rings is 1. The van der Waals surface area contributed by atoms with Gasteiger partial charge in [-0.25, -0.2) is 4.98 Å². The van der Waals surface area contributed by atoms with Crippen molar-refractivity contribution in [3.63, 3.8) is 0 Å². The largest absolute Gasteiger partial charge is 0.326 e. The first kappa shape index (κ1) is 16.2. The Kier molecular flexibility index (Phi) is 4.62. The minimum Gasteiger partial charge on any atom is -0.326 e. The van der Waals surface area contributed by atoms with E-state index < -0.39 is 0 Å². The van der Waals surface area contributed by atoms with Gasteiger partial charge in [-0.1, -0.05) is 11.6 Å². The number of nitrogens with zero attached hydrogens (tertiary/aromatic N) is 1. The van der Waals surface area contributed by atoms with E-state index in [1.165, 1.54) is 6.92 Å². The number of halogens is 1. The Morgan fingerprint density at radius 1 is 1.05 bits per heavy atom. The van der Waals surface area contributed by atoms with Gasteiger partial charge in [-0.05, 0) is 55.7 Å². The van der Waals surface area contributed by atoms with E-state index in [0.29, 0.717) is 11.1 Å². The topological polar surface area (TPSA) is 59.1 Å². The number of carbonyl (C=O) groups is 2. The van der Waals surface area contributed by atoms with Crippen molar-refractivity contribution in [2.75, 3.05) is 5.32 Å². The lowest BCUT2D eigenvalue weighted by Gasteiger charge is -2.13. The second-order valence-electron chi connectivity index (χ2n) is 5.32. The number of anilines is 1. The van der Waals surface area contributed by atoms with Crippen LogP contribution in [0.1, 0.15) is 39.5 Å². The highest BCUT2D eigenvalue weighted by Crippen LogP contribution is 2.25. The fourth-order valence-electron chi connectivity index (χ4n) is 2.37. The van der Waals surface area contributed by atoms with E-state index in [2.05, 4.69) is 10.3 Å². The van der Waals surface area contributed by atoms with Crippen molar-refractivity contribution >= 4 is 29.0 Å². The molecule has 22 heavy (non-hydrogen) atoms. The van der Waals surface area contributed by atoms with Crippen LogP contribution in [-0.4, -0.2) is 16.7 Å². The molecule has 0 aliphatic heterocycles. The Labute approximate surface area is 134 Å². The number of nitrogens with one attached hydrogen (secondary N) is 1. The quantitative estimate of drug-likeness (QED) is 0.691. The van der Waals surface area contributed by atoms with Gasteiger partial charge in [-0.15, -0.1) is 0 Å². The van der Waals surface area contributed by atoms with Gasteiger partial charge >= 0.3 is 0 Å². The normalized spacial score (nSPS) is 10.4. The molecule has 1 N–H and O–H groups in total. The van der Waals surface area contributed by atoms with Crippen molar-refractivity contribution in [1.29, 1.82) is 0 Å². The second kappa shape index (κ2) is 6.28. The maximum Gasteiger partial charge on any atom is 0.221 e. The van der Waals surface area contributed by atoms with Crippen LogP contribution in [0.15, 0.2) is 24.4 Å². The molecule has 1 aromatic carbocycles. The van der Waals surface area contributed by atoms with Crippen LogP contribution in [0.2, 0.25) is 5.15 Å². The Bertz CT molecular complexity index is 746. The lowest BCUT2D eigenvalue weighted by atomic mass is 9.96. The van der Waals surface area contributed by atoms with E-state index >= 15 is 0 Å². The van der Waals surface area contributed by atoms with E-state index in [1.54, 1.807) is 24.4 Å². The van der Waals surface area contributed by atoms with Crippen molar-refractivity contribution in [3.8, 4) is 0 Å². The maximum atomic E-state index is 12.7. The number of amides is 1. The van der Waals surface area contributed by atoms with Crippen molar-refractivity contribution in [2.45, 2.75) is 27.7 Å². The summed E-state index contributed by atoms with van der Waals surface area (Å²) >= 11 is 5.88. The second-order valence-corrected chi connectivity index (χ2v) is 5.70. The van der Waals surface area contributed by atoms with Crippen LogP contribution in [0, 0.1) is 20.8 Å². The van der Waals surface area contributed by atoms with Gasteiger partial charge in [0.2, 0.25) is 5.91 Å². The number of aryl methyl sites for hydroxylation is 3. The van der Waals surface area contributed by atoms with Crippen molar-refractivity contribution in [3.05, 3.63) is 57.4 Å². The minimum absolute atomic E-state index is 0.109. The molecule has 0 atom stereocenters. The van der Waals surface area contributed by atoms with Crippen LogP contribution < -0.4 is 5.32 Å². The molecule has 0 aliphatic rings. The highest BCUT2D eigenvalue weighted by atomic mass is 35.5. The molecule has 0 radical (unpaired) electrons. The van der Waals surface area contributed by atoms with Crippen molar-refractivity contribution in [2.24, 2.45) is 0 Å². The van der Waals surface area contributed by atoms with Crippen LogP contribution in [0.5, 0.6) is 0 Å². The summed E-state index contributed by atoms with van der Waals surface area (Å²) in [5, 5.41) is 3.08. The zero-order valence-corrected chi connectivity index (χ0v) is 13.7. The van der Waals surface area contributed by atoms with E-state index in [0.717, 1.165) is 22.4 Å². The van der Waals surface area contributed by atoms with Crippen LogP contribution in [0.4, 0.5) is 5.69 Å². The molecule has 0 spiro atoms. The molecule has 0 saturated heterocycles. The molecule has 1 heterocycles. The Morgan fingerprint density at radius 3 is 2.18 bits per heavy atom. The van der Waals surface area contributed by atoms with Crippen LogP contribution in [-0.2, 0) is 4.79 Å². The summed E-state index contributed by atoms with van der Waals surface area (Å²) in [6.45, 7) is 7.01. The molecule has 2 rings (SSSR count). The third-order valence-corrected chi connectivity index (χ3v) is 3.62. The lowest BCUT2D eigenvalue weighted by molar-refractivity contribution is -0.114. The summed E-state index contributed by atoms with van der Waals surface area (Å²) in [6.07, 6.45) is 1.58. The summed E-state index contributed by atoms with van der Waals surface area (Å²) in [5.41, 5.74) is 4.30. The van der Waals surface area contributed by atoms with Gasteiger partial charge < -0.3 is 5.32 Å². The standard InChI is InChI=1S/C17H17ClN2O2/c1-9-5-13(6-10(2)16(9)20-12(4)21)17(22)14-7-15(18)19-8-11(14)3/h5-8H,1-4H3,(H,20,21). The zero-order chi connectivity index (χ0) is 16.4. The molecule has 1 amide bonds. The number of rotatable bonds is 3. The summed E-state index contributed by atoms with van der Waals surface area (Å²) in [6, 6.07) is 5.12. The molecule has 0 bridgehead atoms. The van der Waals surface area contributed by atoms with Crippen LogP contribution >= 0.6 is 11.6 Å². The molecule has 0 fully saturated rings. The highest BCUT2D eigenvalue weighted by Gasteiger charge is 2.16. The molecular formula is C17H17ClN2O2. The molecule has 0 saturated carbocycles. The van der Waals surface area contributed by atoms with Gasteiger partial charge in [0.1, 0.15) is 5.15 Å². The Balaban J connectivity index is 2.47. The predicted octanol–water partition coefficient (Wildman–Crippen LogP) is 3.85. The summed E-state index contributed by atoms with van der Waals surface area (Å²) < 4.78 is 0. The first-order chi connectivity index (χ1) is 10.3. The fourth-order valence-corrected chi connectivity index (χ4v) is 2.52. The third kappa shape index (κ3) is 3.34. The molecule has 2 aromatic rings. The van der Waals surface area contributed by atoms with Gasteiger partial charge in [0.15, 0.2) is 5.78 Å². The molecule has 0 unspecified atom stereocenters. The Hall–Kier alpha value is -2.20. The maximum absolute atomic E-state index is 12.7. The van der Waals surface area contributed by atoms with Gasteiger partial charge in [-0.3, -0.25) is 9.59 Å². The number of carbonyl (C=O) groups excluding carboxylic acids is 2. The van der Waals surface area contributed by atoms with E-state index in [1.807, 2.05) is 20.8 Å². The third-order valence-electron chi connectivity index (χ3n) is 3.41. The number of aromatic nitrogens is 1. The first-order valence-corrected chi connectivity index (χ1v) is 7.23. The average Bonchev–Trinajstić information content (AvgIpc) is 2.44. The van der Waals surface area contributed by atoms with E-state index in [-0.39, 0.29) is 16.8 Å². The summed E-state index contributed by atoms with van der Waals surface area (Å²) in [7, 11) is 0. The summed E-state index contributed by atoms with van der Waals surface area (Å²) in [5.74, 6) is -0.246. The molecular weight excluding hydrogens is 300 g/mol. The SMILES string of the molecule is CC(=O)Nc1c(C)cc(C(=O)c2cc(Cl)ncc2C)cc1C. The number of hydrogen-bond acceptors (Lipinski definition) is 3. The number of ketones is 1. The van der Waals surface area contributed by atoms with Gasteiger partial charge in [0.25, 0.3) is 0 Å². The van der Waals surface area contributed by atoms with E-state index in [9.17, 15) is 9.59 Å². The number of hydrogen-bond donors (Lipinski definition) is 1. The molecule has 114 valence electrons. The molecule has 4 nitrogen and oxygen atoms in total. The monoisotopic (exact) mass is 316 g/mol. The van der Waals surface area contributed by atoms with Gasteiger partial charge in [0, 0.05) is 29.9 Å². The molecule has 1 aromatic heterocycles. The highest BCUT2D eigenvalue weighted by molar-refractivity contribution is 6.30. The van der Waals surface area contributed by atoms with Gasteiger partial charge in [-0.2, -0.15) is 0 Å². The lowest BCUT2D eigenvalue weighted by Crippen LogP contribution is -2.11.